The molecular formula is C71H91NO13. The molecule has 14 heteroatoms. The molecule has 3 rings (SSSR count). The van der Waals surface area contributed by atoms with Crippen molar-refractivity contribution < 1.29 is 62.0 Å². The Balaban J connectivity index is 0.000000662. The zero-order valence-corrected chi connectivity index (χ0v) is 51.1. The molecule has 0 heterocycles. The Morgan fingerprint density at radius 2 is 0.647 bits per heavy atom. The Labute approximate surface area is 506 Å². The van der Waals surface area contributed by atoms with E-state index in [0.717, 1.165) is 25.7 Å². The van der Waals surface area contributed by atoms with Crippen LogP contribution in [0.1, 0.15) is 191 Å². The van der Waals surface area contributed by atoms with Crippen molar-refractivity contribution in [2.75, 3.05) is 52.7 Å². The molecule has 1 amide bonds. The lowest BCUT2D eigenvalue weighted by Gasteiger charge is -2.23. The number of rotatable bonds is 37. The molecule has 0 bridgehead atoms. The minimum absolute atomic E-state index is 0.000338. The molecule has 0 radical (unpaired) electrons. The number of benzene rings is 3. The van der Waals surface area contributed by atoms with Crippen LogP contribution in [-0.2, 0) is 28.4 Å². The third-order valence-corrected chi connectivity index (χ3v) is 12.0. The number of carbonyl (C=O) groups is 7. The summed E-state index contributed by atoms with van der Waals surface area (Å²) in [7, 11) is 0. The van der Waals surface area contributed by atoms with Crippen LogP contribution >= 0.6 is 0 Å². The molecule has 0 spiro atoms. The minimum atomic E-state index is -0.696. The highest BCUT2D eigenvalue weighted by molar-refractivity contribution is 6.06. The van der Waals surface area contributed by atoms with E-state index in [-0.39, 0.29) is 78.9 Å². The highest BCUT2D eigenvalue weighted by Gasteiger charge is 2.24. The molecule has 85 heavy (non-hydrogen) atoms. The summed E-state index contributed by atoms with van der Waals surface area (Å²) in [6.07, 6.45) is 45.5. The highest BCUT2D eigenvalue weighted by atomic mass is 16.6. The van der Waals surface area contributed by atoms with Crippen molar-refractivity contribution in [3.63, 3.8) is 0 Å². The molecule has 3 aromatic carbocycles. The molecule has 0 aliphatic heterocycles. The van der Waals surface area contributed by atoms with Crippen LogP contribution in [0.4, 0.5) is 0 Å². The first-order chi connectivity index (χ1) is 41.4. The van der Waals surface area contributed by atoms with Crippen molar-refractivity contribution in [1.29, 1.82) is 0 Å². The lowest BCUT2D eigenvalue weighted by atomic mass is 10.0. The normalized spacial score (nSPS) is 11.2. The van der Waals surface area contributed by atoms with Crippen LogP contribution in [0.2, 0.25) is 0 Å². The number of hydrogen-bond donors (Lipinski definition) is 0. The van der Waals surface area contributed by atoms with Crippen LogP contribution in [0, 0.1) is 0 Å². The van der Waals surface area contributed by atoms with Gasteiger partial charge in [0.05, 0.1) is 33.4 Å². The Hall–Kier alpha value is -8.65. The molecule has 0 aliphatic carbocycles. The smallest absolute Gasteiger partial charge is 0.339 e. The van der Waals surface area contributed by atoms with E-state index < -0.39 is 35.8 Å². The van der Waals surface area contributed by atoms with Crippen molar-refractivity contribution in [3.8, 4) is 0 Å². The Morgan fingerprint density at radius 3 is 0.953 bits per heavy atom. The summed E-state index contributed by atoms with van der Waals surface area (Å²) < 4.78 is 30.8. The zero-order valence-electron chi connectivity index (χ0n) is 51.1. The number of hydrogen-bond acceptors (Lipinski definition) is 13. The van der Waals surface area contributed by atoms with E-state index in [1.54, 1.807) is 103 Å². The van der Waals surface area contributed by atoms with Gasteiger partial charge >= 0.3 is 35.8 Å². The first-order valence-corrected chi connectivity index (χ1v) is 29.4. The van der Waals surface area contributed by atoms with Crippen LogP contribution in [0.15, 0.2) is 189 Å². The second-order valence-electron chi connectivity index (χ2n) is 18.7. The monoisotopic (exact) mass is 1170 g/mol. The average Bonchev–Trinajstić information content (AvgIpc) is 3.29. The Bertz CT molecular complexity index is 2490. The second-order valence-corrected chi connectivity index (χ2v) is 18.7. The number of carbonyl (C=O) groups excluding carboxylic acids is 7. The summed E-state index contributed by atoms with van der Waals surface area (Å²) in [6.45, 7) is 21.0. The molecule has 0 atom stereocenters. The lowest BCUT2D eigenvalue weighted by molar-refractivity contribution is 0.0502. The lowest BCUT2D eigenvalue weighted by Crippen LogP contribution is -2.33. The van der Waals surface area contributed by atoms with E-state index in [1.807, 2.05) is 81.2 Å². The molecule has 14 nitrogen and oxygen atoms in total. The van der Waals surface area contributed by atoms with Crippen LogP contribution in [0.25, 0.3) is 0 Å². The summed E-state index contributed by atoms with van der Waals surface area (Å²) in [5.41, 5.74) is 1.21. The number of esters is 6. The van der Waals surface area contributed by atoms with E-state index in [2.05, 4.69) is 27.0 Å². The van der Waals surface area contributed by atoms with E-state index >= 15 is 0 Å². The van der Waals surface area contributed by atoms with Crippen LogP contribution in [-0.4, -0.2) is 99.4 Å². The van der Waals surface area contributed by atoms with Gasteiger partial charge in [-0.15, -0.1) is 0 Å². The topological polar surface area (TPSA) is 178 Å². The molecule has 458 valence electrons. The number of unbranched alkanes of at least 4 members (excludes halogenated alkanes) is 10. The van der Waals surface area contributed by atoms with Crippen molar-refractivity contribution in [2.24, 2.45) is 0 Å². The van der Waals surface area contributed by atoms with Gasteiger partial charge in [-0.25, -0.2) is 28.8 Å². The fourth-order valence-electron chi connectivity index (χ4n) is 7.58. The predicted octanol–water partition coefficient (Wildman–Crippen LogP) is 16.1. The molecule has 0 saturated heterocycles. The molecule has 3 aromatic rings. The van der Waals surface area contributed by atoms with Gasteiger partial charge in [0.2, 0.25) is 0 Å². The van der Waals surface area contributed by atoms with Crippen LogP contribution < -0.4 is 0 Å². The maximum atomic E-state index is 13.5. The van der Waals surface area contributed by atoms with Crippen molar-refractivity contribution in [2.45, 2.75) is 119 Å². The van der Waals surface area contributed by atoms with E-state index in [9.17, 15) is 33.6 Å². The van der Waals surface area contributed by atoms with E-state index in [4.69, 9.17) is 28.4 Å². The van der Waals surface area contributed by atoms with Crippen molar-refractivity contribution in [3.05, 3.63) is 228 Å². The number of amides is 1. The molecule has 0 aromatic heterocycles. The fraction of sp³-hybridized carbons (Fsp3) is 0.366. The molecule has 0 saturated carbocycles. The van der Waals surface area contributed by atoms with Crippen molar-refractivity contribution in [1.82, 2.24) is 4.90 Å². The highest BCUT2D eigenvalue weighted by Crippen LogP contribution is 2.20. The summed E-state index contributed by atoms with van der Waals surface area (Å²) >= 11 is 0. The summed E-state index contributed by atoms with van der Waals surface area (Å²) in [5.74, 6) is -3.73. The number of ether oxygens (including phenoxy) is 6. The Morgan fingerprint density at radius 1 is 0.365 bits per heavy atom. The largest absolute Gasteiger partial charge is 0.458 e. The summed E-state index contributed by atoms with van der Waals surface area (Å²) in [6, 6.07) is 17.4. The molecule has 0 N–H and O–H groups in total. The maximum absolute atomic E-state index is 13.5. The fourth-order valence-corrected chi connectivity index (χ4v) is 7.58. The molecule has 0 aliphatic rings. The molecule has 0 fully saturated rings. The van der Waals surface area contributed by atoms with Gasteiger partial charge in [0.25, 0.3) is 5.91 Å². The standard InChI is InChI=1S/C31H47NO5.2C20H22O4/c1-5-9-11-13-15-17-21-32(22-18-16-14-12-10-6-2)29(33)26-19-20-27(30(34)36-23-7-3)28(25-26)31(35)37-24-8-4;2*1-3-5-7-11-15-23-19(21)17-13-9-10-14-18(17)20(22)24-16-12-8-6-4-2/h7-8,19-20,25H,3-6,9-18,21-24H2,1-2H3;2*3-14H,15-16H2,1-2H3/b;2*5-3?,6-4?,11-7+,12-8+. The van der Waals surface area contributed by atoms with Gasteiger partial charge in [-0.2, -0.15) is 0 Å². The van der Waals surface area contributed by atoms with Gasteiger partial charge in [0.1, 0.15) is 39.6 Å². The third-order valence-electron chi connectivity index (χ3n) is 12.0. The van der Waals surface area contributed by atoms with Crippen molar-refractivity contribution >= 4 is 41.7 Å². The van der Waals surface area contributed by atoms with E-state index in [0.29, 0.717) is 18.7 Å². The maximum Gasteiger partial charge on any atom is 0.339 e. The number of nitrogens with zero attached hydrogens (tertiary/aromatic N) is 1. The third kappa shape index (κ3) is 33.3. The predicted molar refractivity (Wildman–Crippen MR) is 340 cm³/mol. The second kappa shape index (κ2) is 49.9. The average molecular weight is 1170 g/mol. The minimum Gasteiger partial charge on any atom is -0.458 e. The first-order valence-electron chi connectivity index (χ1n) is 29.4. The van der Waals surface area contributed by atoms with Gasteiger partial charge < -0.3 is 33.3 Å². The van der Waals surface area contributed by atoms with Crippen LogP contribution in [0.5, 0.6) is 0 Å². The zero-order chi connectivity index (χ0) is 62.6. The number of allylic oxidation sites excluding steroid dienone is 12. The van der Waals surface area contributed by atoms with Gasteiger partial charge in [0, 0.05) is 18.7 Å². The van der Waals surface area contributed by atoms with Crippen LogP contribution in [0.3, 0.4) is 0 Å². The first kappa shape index (κ1) is 74.4. The summed E-state index contributed by atoms with van der Waals surface area (Å²) in [4.78, 5) is 89.1. The van der Waals surface area contributed by atoms with Gasteiger partial charge in [0.15, 0.2) is 0 Å². The quantitative estimate of drug-likeness (QED) is 0.0175. The van der Waals surface area contributed by atoms with Gasteiger partial charge in [-0.1, -0.05) is 201 Å². The van der Waals surface area contributed by atoms with Gasteiger partial charge in [-0.3, -0.25) is 4.79 Å². The summed E-state index contributed by atoms with van der Waals surface area (Å²) in [5, 5.41) is 0. The van der Waals surface area contributed by atoms with E-state index in [1.165, 1.54) is 75.7 Å². The molecule has 0 unspecified atom stereocenters. The Kier molecular flexibility index (Phi) is 43.7. The SMILES string of the molecule is C=CCOC(=O)c1ccc(C(=O)N(CCCCCCCC)CCCCCCCC)cc1C(=O)OCC=C.CC=C/C=C/COC(=O)c1ccccc1C(=O)OC/C=C/C=CC.CC=C/C=C/COC(=O)c1ccccc1C(=O)OC/C=C/C=CC. The molecular weight excluding hydrogens is 1070 g/mol. The van der Waals surface area contributed by atoms with Gasteiger partial charge in [-0.05, 0) is 107 Å².